The molecule has 2 atom stereocenters. The second-order valence-electron chi connectivity index (χ2n) is 5.68. The van der Waals surface area contributed by atoms with Crippen LogP contribution in [0.25, 0.3) is 0 Å². The first-order valence-corrected chi connectivity index (χ1v) is 7.26. The van der Waals surface area contributed by atoms with E-state index in [0.717, 1.165) is 10.7 Å². The maximum absolute atomic E-state index is 3.80. The zero-order valence-corrected chi connectivity index (χ0v) is 11.0. The summed E-state index contributed by atoms with van der Waals surface area (Å²) in [5.41, 5.74) is 0.679. The Hall–Kier alpha value is 0.480. The zero-order valence-electron chi connectivity index (χ0n) is 9.40. The van der Waals surface area contributed by atoms with E-state index in [1.807, 2.05) is 0 Å². The van der Waals surface area contributed by atoms with Crippen LogP contribution < -0.4 is 0 Å². The Morgan fingerprint density at radius 2 is 1.64 bits per heavy atom. The highest BCUT2D eigenvalue weighted by molar-refractivity contribution is 9.09. The average molecular weight is 259 g/mol. The fourth-order valence-corrected chi connectivity index (χ4v) is 4.51. The molecule has 2 saturated carbocycles. The van der Waals surface area contributed by atoms with Crippen LogP contribution in [0.4, 0.5) is 0 Å². The molecular weight excluding hydrogens is 236 g/mol. The molecule has 0 radical (unpaired) electrons. The SMILES string of the molecule is CC1(C2CCCCCC2)CCC(Br)C1. The standard InChI is InChI=1S/C13H23Br/c1-13(9-8-12(14)10-13)11-6-4-2-3-5-7-11/h11-12H,2-10H2,1H3. The molecule has 82 valence electrons. The van der Waals surface area contributed by atoms with Gasteiger partial charge in [0, 0.05) is 4.83 Å². The first-order chi connectivity index (χ1) is 6.71. The summed E-state index contributed by atoms with van der Waals surface area (Å²) in [6.07, 6.45) is 13.3. The van der Waals surface area contributed by atoms with Crippen LogP contribution in [0.2, 0.25) is 0 Å². The van der Waals surface area contributed by atoms with Crippen molar-refractivity contribution in [2.24, 2.45) is 11.3 Å². The van der Waals surface area contributed by atoms with Gasteiger partial charge in [0.2, 0.25) is 0 Å². The van der Waals surface area contributed by atoms with Crippen LogP contribution in [0.5, 0.6) is 0 Å². The van der Waals surface area contributed by atoms with Crippen LogP contribution in [-0.2, 0) is 0 Å². The maximum atomic E-state index is 3.80. The van der Waals surface area contributed by atoms with E-state index in [4.69, 9.17) is 0 Å². The van der Waals surface area contributed by atoms with Gasteiger partial charge in [-0.2, -0.15) is 0 Å². The molecule has 14 heavy (non-hydrogen) atoms. The number of alkyl halides is 1. The Bertz CT molecular complexity index is 182. The highest BCUT2D eigenvalue weighted by Crippen LogP contribution is 2.50. The molecule has 0 aromatic carbocycles. The molecule has 0 amide bonds. The van der Waals surface area contributed by atoms with E-state index in [1.54, 1.807) is 0 Å². The molecule has 2 aliphatic carbocycles. The highest BCUT2D eigenvalue weighted by atomic mass is 79.9. The minimum Gasteiger partial charge on any atom is -0.0890 e. The van der Waals surface area contributed by atoms with Crippen molar-refractivity contribution in [1.82, 2.24) is 0 Å². The van der Waals surface area contributed by atoms with Crippen molar-refractivity contribution in [2.45, 2.75) is 69.5 Å². The zero-order chi connectivity index (χ0) is 10.0. The molecular formula is C13H23Br. The van der Waals surface area contributed by atoms with Crippen LogP contribution in [-0.4, -0.2) is 4.83 Å². The van der Waals surface area contributed by atoms with E-state index in [0.29, 0.717) is 5.41 Å². The average Bonchev–Trinajstić information content (AvgIpc) is 2.45. The molecule has 2 rings (SSSR count). The first-order valence-electron chi connectivity index (χ1n) is 6.35. The van der Waals surface area contributed by atoms with Crippen molar-refractivity contribution in [2.75, 3.05) is 0 Å². The molecule has 0 saturated heterocycles. The number of halogens is 1. The molecule has 0 aromatic heterocycles. The third-order valence-corrected chi connectivity index (χ3v) is 5.34. The quantitative estimate of drug-likeness (QED) is 0.463. The Labute approximate surface area is 97.0 Å². The first kappa shape index (κ1) is 11.0. The monoisotopic (exact) mass is 258 g/mol. The molecule has 1 heteroatoms. The molecule has 0 aliphatic heterocycles. The second kappa shape index (κ2) is 4.55. The lowest BCUT2D eigenvalue weighted by atomic mass is 9.72. The summed E-state index contributed by atoms with van der Waals surface area (Å²) in [5, 5.41) is 0. The van der Waals surface area contributed by atoms with Crippen molar-refractivity contribution in [1.29, 1.82) is 0 Å². The largest absolute Gasteiger partial charge is 0.0890 e. The third-order valence-electron chi connectivity index (χ3n) is 4.56. The topological polar surface area (TPSA) is 0 Å². The lowest BCUT2D eigenvalue weighted by Crippen LogP contribution is -2.24. The molecule has 2 fully saturated rings. The third kappa shape index (κ3) is 2.35. The Morgan fingerprint density at radius 1 is 1.00 bits per heavy atom. The van der Waals surface area contributed by atoms with E-state index in [2.05, 4.69) is 22.9 Å². The van der Waals surface area contributed by atoms with E-state index < -0.39 is 0 Å². The van der Waals surface area contributed by atoms with Crippen molar-refractivity contribution < 1.29 is 0 Å². The molecule has 2 unspecified atom stereocenters. The fourth-order valence-electron chi connectivity index (χ4n) is 3.54. The lowest BCUT2D eigenvalue weighted by molar-refractivity contribution is 0.172. The predicted octanol–water partition coefficient (Wildman–Crippen LogP) is 4.91. The van der Waals surface area contributed by atoms with Gasteiger partial charge in [-0.25, -0.2) is 0 Å². The van der Waals surface area contributed by atoms with Crippen molar-refractivity contribution in [3.05, 3.63) is 0 Å². The highest BCUT2D eigenvalue weighted by Gasteiger charge is 2.39. The van der Waals surface area contributed by atoms with Gasteiger partial charge in [0.25, 0.3) is 0 Å². The van der Waals surface area contributed by atoms with E-state index in [1.165, 1.54) is 57.8 Å². The Balaban J connectivity index is 1.97. The maximum Gasteiger partial charge on any atom is 0.0151 e. The Morgan fingerprint density at radius 3 is 2.14 bits per heavy atom. The Kier molecular flexibility index (Phi) is 3.57. The summed E-state index contributed by atoms with van der Waals surface area (Å²) in [6, 6.07) is 0. The van der Waals surface area contributed by atoms with Gasteiger partial charge in [-0.05, 0) is 43.4 Å². The summed E-state index contributed by atoms with van der Waals surface area (Å²) in [4.78, 5) is 0.816. The second-order valence-corrected chi connectivity index (χ2v) is 6.98. The normalized spacial score (nSPS) is 41.1. The van der Waals surface area contributed by atoms with E-state index in [-0.39, 0.29) is 0 Å². The number of rotatable bonds is 1. The van der Waals surface area contributed by atoms with Gasteiger partial charge in [0.15, 0.2) is 0 Å². The summed E-state index contributed by atoms with van der Waals surface area (Å²) < 4.78 is 0. The molecule has 2 aliphatic rings. The van der Waals surface area contributed by atoms with Crippen molar-refractivity contribution >= 4 is 15.9 Å². The van der Waals surface area contributed by atoms with E-state index >= 15 is 0 Å². The van der Waals surface area contributed by atoms with Gasteiger partial charge < -0.3 is 0 Å². The van der Waals surface area contributed by atoms with Crippen LogP contribution in [0.15, 0.2) is 0 Å². The van der Waals surface area contributed by atoms with Gasteiger partial charge in [0.05, 0.1) is 0 Å². The molecule has 0 N–H and O–H groups in total. The van der Waals surface area contributed by atoms with Gasteiger partial charge in [-0.15, -0.1) is 0 Å². The van der Waals surface area contributed by atoms with Crippen molar-refractivity contribution in [3.63, 3.8) is 0 Å². The smallest absolute Gasteiger partial charge is 0.0151 e. The summed E-state index contributed by atoms with van der Waals surface area (Å²) in [5.74, 6) is 1.03. The molecule has 0 heterocycles. The van der Waals surface area contributed by atoms with Gasteiger partial charge in [0.1, 0.15) is 0 Å². The predicted molar refractivity (Wildman–Crippen MR) is 65.9 cm³/mol. The summed E-state index contributed by atoms with van der Waals surface area (Å²) in [7, 11) is 0. The fraction of sp³-hybridized carbons (Fsp3) is 1.00. The minimum atomic E-state index is 0.679. The molecule has 0 aromatic rings. The van der Waals surface area contributed by atoms with Gasteiger partial charge in [-0.1, -0.05) is 48.5 Å². The van der Waals surface area contributed by atoms with Crippen LogP contribution in [0, 0.1) is 11.3 Å². The van der Waals surface area contributed by atoms with Crippen LogP contribution in [0.1, 0.15) is 64.7 Å². The van der Waals surface area contributed by atoms with E-state index in [9.17, 15) is 0 Å². The molecule has 0 spiro atoms. The van der Waals surface area contributed by atoms with Gasteiger partial charge in [-0.3, -0.25) is 0 Å². The molecule has 0 nitrogen and oxygen atoms in total. The van der Waals surface area contributed by atoms with Crippen LogP contribution in [0.3, 0.4) is 0 Å². The number of hydrogen-bond donors (Lipinski definition) is 0. The van der Waals surface area contributed by atoms with Gasteiger partial charge >= 0.3 is 0 Å². The number of hydrogen-bond acceptors (Lipinski definition) is 0. The minimum absolute atomic E-state index is 0.679. The summed E-state index contributed by atoms with van der Waals surface area (Å²) >= 11 is 3.80. The van der Waals surface area contributed by atoms with Crippen LogP contribution >= 0.6 is 15.9 Å². The van der Waals surface area contributed by atoms with Crippen molar-refractivity contribution in [3.8, 4) is 0 Å². The summed E-state index contributed by atoms with van der Waals surface area (Å²) in [6.45, 7) is 2.55. The lowest BCUT2D eigenvalue weighted by Gasteiger charge is -2.33. The molecule has 0 bridgehead atoms.